The van der Waals surface area contributed by atoms with Crippen LogP contribution in [0.4, 0.5) is 5.69 Å². The van der Waals surface area contributed by atoms with E-state index in [9.17, 15) is 0 Å². The van der Waals surface area contributed by atoms with Gasteiger partial charge < -0.3 is 9.88 Å². The summed E-state index contributed by atoms with van der Waals surface area (Å²) in [5.41, 5.74) is 8.73. The minimum absolute atomic E-state index is 0.850. The molecule has 0 aliphatic carbocycles. The van der Waals surface area contributed by atoms with Gasteiger partial charge in [-0.05, 0) is 37.6 Å². The van der Waals surface area contributed by atoms with Crippen LogP contribution in [0.3, 0.4) is 0 Å². The summed E-state index contributed by atoms with van der Waals surface area (Å²) in [5, 5.41) is 9.83. The fraction of sp³-hybridized carbons (Fsp3) is 0.154. The molecule has 0 saturated heterocycles. The molecule has 7 heteroatoms. The molecule has 0 aliphatic heterocycles. The number of H-pyrrole nitrogens is 2. The molecular weight excluding hydrogens is 410 g/mol. The van der Waals surface area contributed by atoms with Gasteiger partial charge in [0.15, 0.2) is 0 Å². The molecule has 5 heterocycles. The maximum atomic E-state index is 4.63. The molecule has 0 radical (unpaired) electrons. The number of hydrogen-bond acceptors (Lipinski definition) is 5. The zero-order valence-corrected chi connectivity index (χ0v) is 19.1. The van der Waals surface area contributed by atoms with E-state index in [-0.39, 0.29) is 0 Å². The van der Waals surface area contributed by atoms with Gasteiger partial charge in [-0.2, -0.15) is 5.10 Å². The van der Waals surface area contributed by atoms with Crippen LogP contribution in [0.2, 0.25) is 0 Å². The first-order chi connectivity index (χ1) is 16.0. The van der Waals surface area contributed by atoms with Crippen molar-refractivity contribution in [3.05, 3.63) is 73.0 Å². The largest absolute Gasteiger partial charge is 0.376 e. The van der Waals surface area contributed by atoms with Crippen LogP contribution in [0, 0.1) is 0 Å². The Bertz CT molecular complexity index is 1520. The number of pyridine rings is 3. The number of rotatable bonds is 5. The smallest absolute Gasteiger partial charge is 0.116 e. The fourth-order valence-electron chi connectivity index (χ4n) is 3.92. The van der Waals surface area contributed by atoms with Gasteiger partial charge in [0.1, 0.15) is 5.69 Å². The normalized spacial score (nSPS) is 12.3. The van der Waals surface area contributed by atoms with E-state index in [2.05, 4.69) is 61.3 Å². The Morgan fingerprint density at radius 2 is 1.79 bits per heavy atom. The molecule has 164 valence electrons. The number of aromatic amines is 2. The van der Waals surface area contributed by atoms with E-state index in [4.69, 9.17) is 0 Å². The minimum atomic E-state index is 0.850. The summed E-state index contributed by atoms with van der Waals surface area (Å²) in [5.74, 6) is 0. The number of hydrogen-bond donors (Lipinski definition) is 2. The lowest BCUT2D eigenvalue weighted by atomic mass is 10.0. The van der Waals surface area contributed by atoms with Crippen molar-refractivity contribution in [2.75, 3.05) is 19.0 Å². The van der Waals surface area contributed by atoms with Crippen LogP contribution in [-0.4, -0.2) is 44.2 Å². The molecule has 0 bridgehead atoms. The molecule has 0 saturated carbocycles. The Kier molecular flexibility index (Phi) is 5.22. The summed E-state index contributed by atoms with van der Waals surface area (Å²) in [6, 6.07) is 6.29. The van der Waals surface area contributed by atoms with Crippen molar-refractivity contribution in [1.82, 2.24) is 30.1 Å². The molecule has 5 rings (SSSR count). The Hall–Kier alpha value is -4.26. The third-order valence-corrected chi connectivity index (χ3v) is 5.75. The van der Waals surface area contributed by atoms with Gasteiger partial charge in [0.05, 0.1) is 46.7 Å². The van der Waals surface area contributed by atoms with Crippen LogP contribution in [0.15, 0.2) is 67.4 Å². The van der Waals surface area contributed by atoms with Crippen molar-refractivity contribution < 1.29 is 0 Å². The Labute approximate surface area is 191 Å². The average molecular weight is 436 g/mol. The fourth-order valence-corrected chi connectivity index (χ4v) is 3.92. The van der Waals surface area contributed by atoms with Crippen molar-refractivity contribution in [3.63, 3.8) is 0 Å². The van der Waals surface area contributed by atoms with Crippen LogP contribution < -0.4 is 4.90 Å². The third-order valence-electron chi connectivity index (χ3n) is 5.75. The predicted molar refractivity (Wildman–Crippen MR) is 135 cm³/mol. The van der Waals surface area contributed by atoms with E-state index in [0.29, 0.717) is 0 Å². The number of nitrogens with one attached hydrogen (secondary N) is 2. The van der Waals surface area contributed by atoms with Gasteiger partial charge in [0.2, 0.25) is 0 Å². The zero-order valence-electron chi connectivity index (χ0n) is 19.1. The minimum Gasteiger partial charge on any atom is -0.376 e. The molecule has 0 amide bonds. The van der Waals surface area contributed by atoms with Gasteiger partial charge in [-0.3, -0.25) is 20.1 Å². The molecule has 0 aliphatic rings. The summed E-state index contributed by atoms with van der Waals surface area (Å²) in [6.45, 7) is 4.11. The first-order valence-electron chi connectivity index (χ1n) is 10.8. The van der Waals surface area contributed by atoms with Crippen LogP contribution in [0.1, 0.15) is 19.4 Å². The van der Waals surface area contributed by atoms with Gasteiger partial charge in [-0.25, -0.2) is 0 Å². The number of anilines is 1. The molecule has 5 aromatic rings. The SMILES string of the molecule is C/C=C\C=C(/C)c1cncc2[nH]c(-c3n[nH]c4cnc(-c5cncc(N(C)C)c5)cc34)cc12. The number of allylic oxidation sites excluding steroid dienone is 4. The van der Waals surface area contributed by atoms with Crippen LogP contribution >= 0.6 is 0 Å². The Morgan fingerprint density at radius 3 is 2.61 bits per heavy atom. The molecule has 0 atom stereocenters. The Morgan fingerprint density at radius 1 is 0.939 bits per heavy atom. The lowest BCUT2D eigenvalue weighted by Crippen LogP contribution is -2.08. The summed E-state index contributed by atoms with van der Waals surface area (Å²) in [6.07, 6.45) is 15.4. The maximum Gasteiger partial charge on any atom is 0.116 e. The molecule has 5 aromatic heterocycles. The molecular formula is C26H25N7. The second-order valence-electron chi connectivity index (χ2n) is 8.22. The van der Waals surface area contributed by atoms with Crippen molar-refractivity contribution in [1.29, 1.82) is 0 Å². The lowest BCUT2D eigenvalue weighted by molar-refractivity contribution is 1.11. The lowest BCUT2D eigenvalue weighted by Gasteiger charge is -2.12. The molecule has 0 spiro atoms. The molecule has 33 heavy (non-hydrogen) atoms. The van der Waals surface area contributed by atoms with Crippen LogP contribution in [0.25, 0.3) is 50.0 Å². The van der Waals surface area contributed by atoms with E-state index >= 15 is 0 Å². The second kappa shape index (κ2) is 8.35. The van der Waals surface area contributed by atoms with Crippen molar-refractivity contribution in [2.45, 2.75) is 13.8 Å². The molecule has 0 aromatic carbocycles. The second-order valence-corrected chi connectivity index (χ2v) is 8.22. The first kappa shape index (κ1) is 20.6. The quantitative estimate of drug-likeness (QED) is 0.351. The highest BCUT2D eigenvalue weighted by molar-refractivity contribution is 5.99. The molecule has 0 unspecified atom stereocenters. The van der Waals surface area contributed by atoms with Gasteiger partial charge >= 0.3 is 0 Å². The molecule has 2 N–H and O–H groups in total. The van der Waals surface area contributed by atoms with Crippen molar-refractivity contribution >= 4 is 33.1 Å². The van der Waals surface area contributed by atoms with Crippen LogP contribution in [-0.2, 0) is 0 Å². The highest BCUT2D eigenvalue weighted by Crippen LogP contribution is 2.33. The number of aromatic nitrogens is 6. The molecule has 7 nitrogen and oxygen atoms in total. The number of fused-ring (bicyclic) bond motifs is 2. The van der Waals surface area contributed by atoms with E-state index in [1.165, 1.54) is 0 Å². The summed E-state index contributed by atoms with van der Waals surface area (Å²) in [4.78, 5) is 19.0. The van der Waals surface area contributed by atoms with E-state index in [0.717, 1.165) is 61.3 Å². The highest BCUT2D eigenvalue weighted by Gasteiger charge is 2.15. The first-order valence-corrected chi connectivity index (χ1v) is 10.8. The van der Waals surface area contributed by atoms with Gasteiger partial charge in [-0.1, -0.05) is 18.2 Å². The van der Waals surface area contributed by atoms with Crippen LogP contribution in [0.5, 0.6) is 0 Å². The maximum absolute atomic E-state index is 4.63. The highest BCUT2D eigenvalue weighted by atomic mass is 15.1. The van der Waals surface area contributed by atoms with E-state index in [1.807, 2.05) is 69.1 Å². The Balaban J connectivity index is 1.62. The summed E-state index contributed by atoms with van der Waals surface area (Å²) >= 11 is 0. The van der Waals surface area contributed by atoms with Gasteiger partial charge in [-0.15, -0.1) is 0 Å². The van der Waals surface area contributed by atoms with Crippen molar-refractivity contribution in [3.8, 4) is 22.6 Å². The summed E-state index contributed by atoms with van der Waals surface area (Å²) < 4.78 is 0. The third kappa shape index (κ3) is 3.78. The number of nitrogens with zero attached hydrogens (tertiary/aromatic N) is 5. The van der Waals surface area contributed by atoms with Gasteiger partial charge in [0, 0.05) is 48.4 Å². The van der Waals surface area contributed by atoms with E-state index < -0.39 is 0 Å². The monoisotopic (exact) mass is 435 g/mol. The zero-order chi connectivity index (χ0) is 22.9. The standard InChI is InChI=1S/C26H25N7/c1-5-6-7-16(2)21-13-28-14-24-19(21)9-23(30-24)26-20-10-22(29-15-25(20)31-32-26)17-8-18(33(3)4)12-27-11-17/h5-15,30H,1-4H3,(H,31,32)/b6-5-,16-7+. The predicted octanol–water partition coefficient (Wildman–Crippen LogP) is 5.61. The molecule has 0 fully saturated rings. The summed E-state index contributed by atoms with van der Waals surface area (Å²) in [7, 11) is 4.00. The van der Waals surface area contributed by atoms with Gasteiger partial charge in [0.25, 0.3) is 0 Å². The van der Waals surface area contributed by atoms with E-state index in [1.54, 1.807) is 0 Å². The topological polar surface area (TPSA) is 86.4 Å². The average Bonchev–Trinajstić information content (AvgIpc) is 3.45. The van der Waals surface area contributed by atoms with Crippen molar-refractivity contribution in [2.24, 2.45) is 0 Å².